The molecule has 0 aliphatic heterocycles. The van der Waals surface area contributed by atoms with E-state index in [-0.39, 0.29) is 21.3 Å². The molecule has 21 heavy (non-hydrogen) atoms. The van der Waals surface area contributed by atoms with E-state index in [4.69, 9.17) is 9.84 Å². The molecule has 2 N–H and O–H groups in total. The highest BCUT2D eigenvalue weighted by Gasteiger charge is 2.20. The smallest absolute Gasteiger partial charge is 0.339 e. The second kappa shape index (κ2) is 5.70. The van der Waals surface area contributed by atoms with E-state index < -0.39 is 16.0 Å². The number of aromatic carboxylic acids is 1. The number of rotatable bonds is 5. The fourth-order valence-electron chi connectivity index (χ4n) is 1.60. The molecular weight excluding hydrogens is 316 g/mol. The minimum absolute atomic E-state index is 0.0894. The fraction of sp³-hybridized carbons (Fsp3) is 0.167. The predicted molar refractivity (Wildman–Crippen MR) is 77.6 cm³/mol. The number of carbonyl (C=O) groups is 1. The highest BCUT2D eigenvalue weighted by atomic mass is 32.2. The molecule has 2 aromatic rings. The lowest BCUT2D eigenvalue weighted by Gasteiger charge is -2.09. The Kier molecular flexibility index (Phi) is 4.14. The molecule has 0 radical (unpaired) electrons. The average Bonchev–Trinajstić information content (AvgIpc) is 2.82. The third kappa shape index (κ3) is 3.31. The number of nitrogens with zero attached hydrogens (tertiary/aromatic N) is 1. The minimum Gasteiger partial charge on any atom is -0.496 e. The van der Waals surface area contributed by atoms with Crippen LogP contribution in [0.2, 0.25) is 0 Å². The maximum atomic E-state index is 12.2. The van der Waals surface area contributed by atoms with Gasteiger partial charge in [0.2, 0.25) is 0 Å². The molecule has 0 aliphatic carbocycles. The summed E-state index contributed by atoms with van der Waals surface area (Å²) >= 11 is 1.19. The molecule has 1 heterocycles. The molecule has 7 nitrogen and oxygen atoms in total. The van der Waals surface area contributed by atoms with Crippen molar-refractivity contribution in [3.8, 4) is 5.75 Å². The Labute approximate surface area is 125 Å². The quantitative estimate of drug-likeness (QED) is 0.869. The summed E-state index contributed by atoms with van der Waals surface area (Å²) in [4.78, 5) is 15.7. The van der Waals surface area contributed by atoms with Gasteiger partial charge in [0.1, 0.15) is 11.3 Å². The van der Waals surface area contributed by atoms with Crippen LogP contribution in [0.4, 0.5) is 5.13 Å². The molecule has 9 heteroatoms. The number of hydrogen-bond acceptors (Lipinski definition) is 6. The number of hydrogen-bond donors (Lipinski definition) is 2. The number of thiazole rings is 1. The summed E-state index contributed by atoms with van der Waals surface area (Å²) in [6, 6.07) is 3.61. The lowest BCUT2D eigenvalue weighted by Crippen LogP contribution is -2.14. The Morgan fingerprint density at radius 1 is 1.43 bits per heavy atom. The molecule has 0 fully saturated rings. The monoisotopic (exact) mass is 328 g/mol. The van der Waals surface area contributed by atoms with E-state index in [0.29, 0.717) is 0 Å². The van der Waals surface area contributed by atoms with Crippen LogP contribution in [0.15, 0.2) is 29.3 Å². The van der Waals surface area contributed by atoms with Gasteiger partial charge in [-0.15, -0.1) is 11.3 Å². The predicted octanol–water partition coefficient (Wildman–Crippen LogP) is 1.96. The van der Waals surface area contributed by atoms with Gasteiger partial charge in [-0.2, -0.15) is 0 Å². The molecule has 0 atom stereocenters. The van der Waals surface area contributed by atoms with Crippen LogP contribution in [-0.2, 0) is 10.0 Å². The molecule has 1 aromatic heterocycles. The van der Waals surface area contributed by atoms with Crippen molar-refractivity contribution < 1.29 is 23.1 Å². The summed E-state index contributed by atoms with van der Waals surface area (Å²) in [5, 5.41) is 9.30. The van der Waals surface area contributed by atoms with Gasteiger partial charge in [0.15, 0.2) is 5.13 Å². The first-order valence-corrected chi connectivity index (χ1v) is 8.00. The lowest BCUT2D eigenvalue weighted by molar-refractivity contribution is 0.0693. The van der Waals surface area contributed by atoms with Crippen LogP contribution in [0.1, 0.15) is 15.2 Å². The first-order chi connectivity index (χ1) is 9.83. The molecule has 2 rings (SSSR count). The van der Waals surface area contributed by atoms with Crippen molar-refractivity contribution in [2.24, 2.45) is 0 Å². The number of ether oxygens (including phenoxy) is 1. The van der Waals surface area contributed by atoms with Crippen LogP contribution >= 0.6 is 11.3 Å². The summed E-state index contributed by atoms with van der Waals surface area (Å²) in [7, 11) is -2.59. The standard InChI is InChI=1S/C12H12N2O5S2/c1-7-6-13-12(20-7)14-21(17,18)8-3-4-10(19-2)9(5-8)11(15)16/h3-6H,1-2H3,(H,13,14)(H,15,16). The number of aryl methyl sites for hydroxylation is 1. The third-order valence-corrected chi connectivity index (χ3v) is 4.85. The van der Waals surface area contributed by atoms with E-state index in [1.165, 1.54) is 30.6 Å². The van der Waals surface area contributed by atoms with Crippen molar-refractivity contribution in [3.63, 3.8) is 0 Å². The van der Waals surface area contributed by atoms with E-state index in [9.17, 15) is 13.2 Å². The molecule has 0 unspecified atom stereocenters. The number of nitrogens with one attached hydrogen (secondary N) is 1. The number of anilines is 1. The van der Waals surface area contributed by atoms with Gasteiger partial charge in [-0.25, -0.2) is 18.2 Å². The number of aromatic nitrogens is 1. The van der Waals surface area contributed by atoms with Crippen LogP contribution in [0.25, 0.3) is 0 Å². The number of carboxylic acid groups (broad SMARTS) is 1. The van der Waals surface area contributed by atoms with Crippen molar-refractivity contribution in [2.75, 3.05) is 11.8 Å². The second-order valence-electron chi connectivity index (χ2n) is 4.05. The summed E-state index contributed by atoms with van der Waals surface area (Å²) in [5.41, 5.74) is -0.226. The maximum absolute atomic E-state index is 12.2. The Morgan fingerprint density at radius 2 is 2.14 bits per heavy atom. The molecule has 0 saturated heterocycles. The Bertz CT molecular complexity index is 783. The minimum atomic E-state index is -3.90. The Hall–Kier alpha value is -2.13. The normalized spacial score (nSPS) is 11.1. The highest BCUT2D eigenvalue weighted by Crippen LogP contribution is 2.25. The summed E-state index contributed by atoms with van der Waals surface area (Å²) in [6.07, 6.45) is 1.54. The van der Waals surface area contributed by atoms with Crippen molar-refractivity contribution in [1.29, 1.82) is 0 Å². The van der Waals surface area contributed by atoms with Gasteiger partial charge >= 0.3 is 5.97 Å². The van der Waals surface area contributed by atoms with Gasteiger partial charge in [0, 0.05) is 11.1 Å². The molecule has 112 valence electrons. The van der Waals surface area contributed by atoms with Gasteiger partial charge in [0.25, 0.3) is 10.0 Å². The van der Waals surface area contributed by atoms with Crippen molar-refractivity contribution in [3.05, 3.63) is 34.8 Å². The summed E-state index contributed by atoms with van der Waals surface area (Å²) in [6.45, 7) is 1.80. The van der Waals surface area contributed by atoms with E-state index in [1.807, 2.05) is 0 Å². The van der Waals surface area contributed by atoms with E-state index in [0.717, 1.165) is 10.9 Å². The third-order valence-electron chi connectivity index (χ3n) is 2.55. The average molecular weight is 328 g/mol. The zero-order chi connectivity index (χ0) is 15.6. The van der Waals surface area contributed by atoms with Gasteiger partial charge in [-0.05, 0) is 25.1 Å². The Balaban J connectivity index is 2.40. The maximum Gasteiger partial charge on any atom is 0.339 e. The summed E-state index contributed by atoms with van der Waals surface area (Å²) in [5.74, 6) is -1.18. The van der Waals surface area contributed by atoms with E-state index in [1.54, 1.807) is 13.1 Å². The van der Waals surface area contributed by atoms with Gasteiger partial charge in [0.05, 0.1) is 12.0 Å². The SMILES string of the molecule is COc1ccc(S(=O)(=O)Nc2ncc(C)s2)cc1C(=O)O. The molecule has 0 amide bonds. The number of benzene rings is 1. The first-order valence-electron chi connectivity index (χ1n) is 5.70. The zero-order valence-electron chi connectivity index (χ0n) is 11.2. The Morgan fingerprint density at radius 3 is 2.67 bits per heavy atom. The van der Waals surface area contributed by atoms with Crippen LogP contribution in [0.3, 0.4) is 0 Å². The molecule has 0 aliphatic rings. The summed E-state index contributed by atoms with van der Waals surface area (Å²) < 4.78 is 31.6. The first kappa shape index (κ1) is 15.3. The molecule has 1 aromatic carbocycles. The molecule has 0 bridgehead atoms. The van der Waals surface area contributed by atoms with Crippen molar-refractivity contribution in [1.82, 2.24) is 4.98 Å². The largest absolute Gasteiger partial charge is 0.496 e. The van der Waals surface area contributed by atoms with Crippen LogP contribution in [-0.4, -0.2) is 31.6 Å². The van der Waals surface area contributed by atoms with Crippen LogP contribution in [0.5, 0.6) is 5.75 Å². The number of methoxy groups -OCH3 is 1. The van der Waals surface area contributed by atoms with Crippen molar-refractivity contribution >= 4 is 32.5 Å². The number of sulfonamides is 1. The molecule has 0 saturated carbocycles. The topological polar surface area (TPSA) is 106 Å². The van der Waals surface area contributed by atoms with Crippen molar-refractivity contribution in [2.45, 2.75) is 11.8 Å². The van der Waals surface area contributed by atoms with Crippen LogP contribution < -0.4 is 9.46 Å². The number of carboxylic acids is 1. The van der Waals surface area contributed by atoms with Gasteiger partial charge in [-0.1, -0.05) is 0 Å². The highest BCUT2D eigenvalue weighted by molar-refractivity contribution is 7.93. The fourth-order valence-corrected chi connectivity index (χ4v) is 3.53. The second-order valence-corrected chi connectivity index (χ2v) is 6.97. The zero-order valence-corrected chi connectivity index (χ0v) is 12.8. The van der Waals surface area contributed by atoms with E-state index >= 15 is 0 Å². The van der Waals surface area contributed by atoms with E-state index in [2.05, 4.69) is 9.71 Å². The lowest BCUT2D eigenvalue weighted by atomic mass is 10.2. The molecule has 0 spiro atoms. The van der Waals surface area contributed by atoms with Crippen LogP contribution in [0, 0.1) is 6.92 Å². The van der Waals surface area contributed by atoms with Gasteiger partial charge in [-0.3, -0.25) is 4.72 Å². The molecular formula is C12H12N2O5S2. The van der Waals surface area contributed by atoms with Gasteiger partial charge < -0.3 is 9.84 Å².